The van der Waals surface area contributed by atoms with Gasteiger partial charge in [-0.3, -0.25) is 0 Å². The number of aryl methyl sites for hydroxylation is 1. The second-order valence-corrected chi connectivity index (χ2v) is 14.6. The lowest BCUT2D eigenvalue weighted by Gasteiger charge is -2.37. The summed E-state index contributed by atoms with van der Waals surface area (Å²) in [5, 5.41) is 9.35. The van der Waals surface area contributed by atoms with Crippen LogP contribution in [0.4, 0.5) is 22.1 Å². The van der Waals surface area contributed by atoms with Crippen molar-refractivity contribution < 1.29 is 19.0 Å². The predicted octanol–water partition coefficient (Wildman–Crippen LogP) is 6.99. The summed E-state index contributed by atoms with van der Waals surface area (Å²) in [6.07, 6.45) is 2.48. The molecule has 0 saturated carbocycles. The Morgan fingerprint density at radius 1 is 1.16 bits per heavy atom. The van der Waals surface area contributed by atoms with Crippen molar-refractivity contribution in [3.05, 3.63) is 29.1 Å². The number of nitrogens with one attached hydrogen (secondary N) is 2. The number of hydrogen-bond donors (Lipinski definition) is 2. The summed E-state index contributed by atoms with van der Waals surface area (Å²) >= 11 is 1.55. The van der Waals surface area contributed by atoms with Gasteiger partial charge in [-0.25, -0.2) is 9.78 Å². The molecule has 4 rings (SSSR count). The summed E-state index contributed by atoms with van der Waals surface area (Å²) in [5.74, 6) is 2.04. The van der Waals surface area contributed by atoms with Gasteiger partial charge in [0.15, 0.2) is 0 Å². The van der Waals surface area contributed by atoms with E-state index in [0.29, 0.717) is 30.2 Å². The number of nitrogens with zero attached hydrogens (tertiary/aromatic N) is 4. The molecule has 2 aromatic heterocycles. The van der Waals surface area contributed by atoms with Gasteiger partial charge in [0.1, 0.15) is 22.8 Å². The molecule has 1 aliphatic rings. The van der Waals surface area contributed by atoms with Crippen LogP contribution in [0.2, 0.25) is 0 Å². The highest BCUT2D eigenvalue weighted by molar-refractivity contribution is 7.17. The normalized spacial score (nSPS) is 15.9. The zero-order valence-corrected chi connectivity index (χ0v) is 28.9. The average Bonchev–Trinajstić information content (AvgIpc) is 3.30. The first kappa shape index (κ1) is 33.6. The van der Waals surface area contributed by atoms with Crippen molar-refractivity contribution in [3.8, 4) is 11.6 Å². The third-order valence-corrected chi connectivity index (χ3v) is 8.73. The van der Waals surface area contributed by atoms with E-state index < -0.39 is 17.2 Å². The molecule has 1 saturated heterocycles. The van der Waals surface area contributed by atoms with Gasteiger partial charge < -0.3 is 34.6 Å². The van der Waals surface area contributed by atoms with Crippen LogP contribution in [0.3, 0.4) is 0 Å². The van der Waals surface area contributed by atoms with Gasteiger partial charge in [0, 0.05) is 30.9 Å². The van der Waals surface area contributed by atoms with Crippen LogP contribution in [-0.4, -0.2) is 79.0 Å². The Morgan fingerprint density at radius 3 is 2.48 bits per heavy atom. The van der Waals surface area contributed by atoms with Gasteiger partial charge in [0.05, 0.1) is 23.7 Å². The first-order chi connectivity index (χ1) is 20.7. The fourth-order valence-corrected chi connectivity index (χ4v) is 6.71. The number of ether oxygens (including phenoxy) is 3. The number of piperidine rings is 1. The Bertz CT molecular complexity index is 1430. The largest absolute Gasteiger partial charge is 0.495 e. The Balaban J connectivity index is 1.55. The van der Waals surface area contributed by atoms with Crippen molar-refractivity contribution in [2.24, 2.45) is 5.92 Å². The minimum absolute atomic E-state index is 0.221. The Kier molecular flexibility index (Phi) is 10.5. The van der Waals surface area contributed by atoms with E-state index >= 15 is 0 Å². The van der Waals surface area contributed by atoms with E-state index in [2.05, 4.69) is 59.8 Å². The number of anilines is 3. The van der Waals surface area contributed by atoms with Gasteiger partial charge in [0.2, 0.25) is 11.8 Å². The lowest BCUT2D eigenvalue weighted by molar-refractivity contribution is 0.0406. The third-order valence-electron chi connectivity index (χ3n) is 7.74. The predicted molar refractivity (Wildman–Crippen MR) is 180 cm³/mol. The number of aromatic nitrogens is 2. The minimum atomic E-state index is -0.671. The number of methoxy groups -OCH3 is 1. The van der Waals surface area contributed by atoms with E-state index in [9.17, 15) is 4.79 Å². The molecule has 2 N–H and O–H groups in total. The van der Waals surface area contributed by atoms with E-state index in [1.807, 2.05) is 46.8 Å². The van der Waals surface area contributed by atoms with Crippen molar-refractivity contribution in [3.63, 3.8) is 0 Å². The maximum Gasteiger partial charge on any atom is 0.408 e. The van der Waals surface area contributed by atoms with Crippen LogP contribution < -0.4 is 25.0 Å². The van der Waals surface area contributed by atoms with Crippen LogP contribution in [0.1, 0.15) is 66.4 Å². The number of alkyl carbamates (subject to hydrolysis) is 1. The molecule has 0 unspecified atom stereocenters. The van der Waals surface area contributed by atoms with Crippen LogP contribution in [0.15, 0.2) is 23.6 Å². The molecular weight excluding hydrogens is 576 g/mol. The molecule has 0 spiro atoms. The molecule has 3 heterocycles. The molecule has 0 bridgehead atoms. The molecule has 44 heavy (non-hydrogen) atoms. The van der Waals surface area contributed by atoms with Crippen LogP contribution in [-0.2, 0) is 4.74 Å². The zero-order valence-electron chi connectivity index (χ0n) is 28.0. The first-order valence-electron chi connectivity index (χ1n) is 15.4. The van der Waals surface area contributed by atoms with E-state index in [1.165, 1.54) is 0 Å². The number of fused-ring (bicyclic) bond motifs is 1. The number of amides is 1. The van der Waals surface area contributed by atoms with Crippen molar-refractivity contribution in [1.29, 1.82) is 0 Å². The summed E-state index contributed by atoms with van der Waals surface area (Å²) in [6, 6.07) is 6.74. The van der Waals surface area contributed by atoms with E-state index in [4.69, 9.17) is 24.2 Å². The maximum absolute atomic E-state index is 12.7. The quantitative estimate of drug-likeness (QED) is 0.233. The maximum atomic E-state index is 12.7. The standard InChI is InChI=1S/C33H50N6O4S/c1-21(2)18-33(7,37-31(40)43-32(4,5)6)20-42-28-27-22(3)19-44-29(27)36-30(35-28)34-23-11-12-25(26(17-23)41-10)39-15-13-24(14-16-39)38(8)9/h11-12,17,19,21,24H,13-16,18,20H2,1-10H3,(H,37,40)(H,34,35,36)/t33-/m0/s1. The van der Waals surface area contributed by atoms with Crippen LogP contribution in [0.5, 0.6) is 11.6 Å². The molecular formula is C33H50N6O4S. The number of hydrogen-bond acceptors (Lipinski definition) is 10. The Labute approximate surface area is 266 Å². The number of rotatable bonds is 11. The van der Waals surface area contributed by atoms with Gasteiger partial charge in [-0.1, -0.05) is 13.8 Å². The third kappa shape index (κ3) is 8.65. The highest BCUT2D eigenvalue weighted by Gasteiger charge is 2.32. The molecule has 1 fully saturated rings. The molecule has 3 aromatic rings. The summed E-state index contributed by atoms with van der Waals surface area (Å²) in [6.45, 7) is 16.0. The highest BCUT2D eigenvalue weighted by Crippen LogP contribution is 2.36. The minimum Gasteiger partial charge on any atom is -0.495 e. The average molecular weight is 627 g/mol. The summed E-state index contributed by atoms with van der Waals surface area (Å²) in [4.78, 5) is 27.9. The topological polar surface area (TPSA) is 101 Å². The van der Waals surface area contributed by atoms with Crippen LogP contribution in [0, 0.1) is 12.8 Å². The molecule has 0 aliphatic carbocycles. The second kappa shape index (κ2) is 13.8. The summed E-state index contributed by atoms with van der Waals surface area (Å²) in [5.41, 5.74) is 1.69. The van der Waals surface area contributed by atoms with Gasteiger partial charge >= 0.3 is 6.09 Å². The lowest BCUT2D eigenvalue weighted by Crippen LogP contribution is -2.52. The molecule has 242 valence electrons. The molecule has 1 aromatic carbocycles. The fourth-order valence-electron chi connectivity index (χ4n) is 5.80. The molecule has 1 amide bonds. The number of carbonyl (C=O) groups is 1. The van der Waals surface area contributed by atoms with Gasteiger partial charge in [-0.15, -0.1) is 11.3 Å². The molecule has 1 atom stereocenters. The molecule has 1 aliphatic heterocycles. The molecule has 0 radical (unpaired) electrons. The van der Waals surface area contributed by atoms with E-state index in [0.717, 1.165) is 58.8 Å². The number of carbonyl (C=O) groups excluding carboxylic acids is 1. The van der Waals surface area contributed by atoms with Crippen molar-refractivity contribution in [2.45, 2.75) is 84.9 Å². The summed E-state index contributed by atoms with van der Waals surface area (Å²) in [7, 11) is 6.01. The first-order valence-corrected chi connectivity index (χ1v) is 16.3. The monoisotopic (exact) mass is 626 g/mol. The number of benzene rings is 1. The van der Waals surface area contributed by atoms with Gasteiger partial charge in [0.25, 0.3) is 0 Å². The number of thiophene rings is 1. The molecule has 11 heteroatoms. The lowest BCUT2D eigenvalue weighted by atomic mass is 9.91. The van der Waals surface area contributed by atoms with Crippen LogP contribution in [0.25, 0.3) is 10.2 Å². The van der Waals surface area contributed by atoms with Gasteiger partial charge in [-0.2, -0.15) is 4.98 Å². The van der Waals surface area contributed by atoms with Gasteiger partial charge in [-0.05, 0) is 97.0 Å². The smallest absolute Gasteiger partial charge is 0.408 e. The van der Waals surface area contributed by atoms with E-state index in [-0.39, 0.29) is 6.61 Å². The van der Waals surface area contributed by atoms with E-state index in [1.54, 1.807) is 18.4 Å². The SMILES string of the molecule is COc1cc(Nc2nc(OC[C@](C)(CC(C)C)NC(=O)OC(C)(C)C)c3c(C)csc3n2)ccc1N1CCC(N(C)C)CC1. The Morgan fingerprint density at radius 2 is 1.86 bits per heavy atom. The molecule has 10 nitrogen and oxygen atoms in total. The van der Waals surface area contributed by atoms with Crippen molar-refractivity contribution >= 4 is 45.0 Å². The fraction of sp³-hybridized carbons (Fsp3) is 0.606. The zero-order chi connectivity index (χ0) is 32.2. The highest BCUT2D eigenvalue weighted by atomic mass is 32.1. The van der Waals surface area contributed by atoms with Crippen molar-refractivity contribution in [2.75, 3.05) is 51.1 Å². The Hall–Kier alpha value is -3.31. The second-order valence-electron chi connectivity index (χ2n) is 13.7. The van der Waals surface area contributed by atoms with Crippen LogP contribution >= 0.6 is 11.3 Å². The summed E-state index contributed by atoms with van der Waals surface area (Å²) < 4.78 is 17.8. The van der Waals surface area contributed by atoms with Crippen molar-refractivity contribution in [1.82, 2.24) is 20.2 Å².